The second-order valence-corrected chi connectivity index (χ2v) is 12.0. The van der Waals surface area contributed by atoms with Crippen molar-refractivity contribution in [1.29, 1.82) is 0 Å². The number of benzene rings is 3. The predicted octanol–water partition coefficient (Wildman–Crippen LogP) is 5.23. The Kier molecular flexibility index (Phi) is 11.6. The van der Waals surface area contributed by atoms with Gasteiger partial charge in [-0.3, -0.25) is 13.9 Å². The van der Waals surface area contributed by atoms with Crippen LogP contribution < -0.4 is 14.4 Å². The van der Waals surface area contributed by atoms with Crippen LogP contribution in [-0.4, -0.2) is 57.9 Å². The van der Waals surface area contributed by atoms with E-state index in [9.17, 15) is 18.0 Å². The Morgan fingerprint density at radius 1 is 1.00 bits per heavy atom. The summed E-state index contributed by atoms with van der Waals surface area (Å²) in [6.07, 6.45) is 1.61. The average Bonchev–Trinajstić information content (AvgIpc) is 2.97. The molecule has 3 aromatic rings. The molecule has 0 fully saturated rings. The van der Waals surface area contributed by atoms with Crippen LogP contribution >= 0.6 is 11.6 Å². The Balaban J connectivity index is 2.07. The molecule has 0 spiro atoms. The van der Waals surface area contributed by atoms with Crippen LogP contribution in [0.4, 0.5) is 5.69 Å². The van der Waals surface area contributed by atoms with Crippen LogP contribution in [0.1, 0.15) is 37.8 Å². The van der Waals surface area contributed by atoms with Crippen LogP contribution in [0.5, 0.6) is 5.75 Å². The van der Waals surface area contributed by atoms with Gasteiger partial charge in [0.25, 0.3) is 10.0 Å². The molecule has 41 heavy (non-hydrogen) atoms. The number of nitrogens with zero attached hydrogens (tertiary/aromatic N) is 2. The van der Waals surface area contributed by atoms with E-state index in [-0.39, 0.29) is 33.8 Å². The fourth-order valence-electron chi connectivity index (χ4n) is 4.47. The second-order valence-electron chi connectivity index (χ2n) is 9.68. The minimum absolute atomic E-state index is 0.0153. The summed E-state index contributed by atoms with van der Waals surface area (Å²) in [5.74, 6) is -0.553. The van der Waals surface area contributed by atoms with Gasteiger partial charge in [-0.25, -0.2) is 8.42 Å². The van der Waals surface area contributed by atoms with Gasteiger partial charge in [0.15, 0.2) is 0 Å². The number of hydrogen-bond acceptors (Lipinski definition) is 5. The van der Waals surface area contributed by atoms with E-state index < -0.39 is 28.5 Å². The van der Waals surface area contributed by atoms with Crippen LogP contribution in [-0.2, 0) is 26.0 Å². The van der Waals surface area contributed by atoms with Gasteiger partial charge < -0.3 is 15.0 Å². The number of nitrogens with one attached hydrogen (secondary N) is 1. The summed E-state index contributed by atoms with van der Waals surface area (Å²) in [6.45, 7) is 5.79. The third-order valence-electron chi connectivity index (χ3n) is 6.72. The topological polar surface area (TPSA) is 96.0 Å². The van der Waals surface area contributed by atoms with E-state index in [1.807, 2.05) is 51.1 Å². The average molecular weight is 600 g/mol. The lowest BCUT2D eigenvalue weighted by atomic mass is 10.1. The molecule has 0 aliphatic rings. The molecule has 0 aliphatic heterocycles. The summed E-state index contributed by atoms with van der Waals surface area (Å²) in [5, 5.41) is 3.17. The molecule has 0 radical (unpaired) electrons. The summed E-state index contributed by atoms with van der Waals surface area (Å²) in [5.41, 5.74) is 2.01. The molecular formula is C31H38ClN3O5S. The number of anilines is 1. The predicted molar refractivity (Wildman–Crippen MR) is 163 cm³/mol. The molecule has 1 atom stereocenters. The molecule has 1 N–H and O–H groups in total. The molecule has 2 amide bonds. The van der Waals surface area contributed by atoms with Gasteiger partial charge in [0.2, 0.25) is 11.8 Å². The number of aryl methyl sites for hydroxylation is 1. The first-order valence-corrected chi connectivity index (χ1v) is 15.5. The fraction of sp³-hybridized carbons (Fsp3) is 0.355. The van der Waals surface area contributed by atoms with Crippen LogP contribution in [0.15, 0.2) is 77.7 Å². The van der Waals surface area contributed by atoms with Gasteiger partial charge in [-0.1, -0.05) is 73.5 Å². The summed E-state index contributed by atoms with van der Waals surface area (Å²) < 4.78 is 34.6. The molecule has 3 aromatic carbocycles. The molecule has 0 saturated heterocycles. The van der Waals surface area contributed by atoms with Crippen molar-refractivity contribution in [1.82, 2.24) is 10.2 Å². The van der Waals surface area contributed by atoms with E-state index in [2.05, 4.69) is 5.32 Å². The van der Waals surface area contributed by atoms with Gasteiger partial charge in [-0.15, -0.1) is 0 Å². The van der Waals surface area contributed by atoms with Crippen molar-refractivity contribution in [2.75, 3.05) is 31.0 Å². The molecule has 220 valence electrons. The van der Waals surface area contributed by atoms with Crippen molar-refractivity contribution in [3.8, 4) is 5.75 Å². The minimum Gasteiger partial charge on any atom is -0.495 e. The number of carbonyl (C=O) groups is 2. The Bertz CT molecular complexity index is 1420. The Morgan fingerprint density at radius 2 is 1.68 bits per heavy atom. The number of halogens is 1. The smallest absolute Gasteiger partial charge is 0.264 e. The van der Waals surface area contributed by atoms with Crippen molar-refractivity contribution < 1.29 is 22.7 Å². The quantitative estimate of drug-likeness (QED) is 0.274. The third kappa shape index (κ3) is 8.24. The molecule has 0 aliphatic carbocycles. The van der Waals surface area contributed by atoms with Crippen LogP contribution in [0.3, 0.4) is 0 Å². The molecular weight excluding hydrogens is 562 g/mol. The molecule has 0 aromatic heterocycles. The SMILES string of the molecule is CCCNC(=O)C(CC)N(CCc1ccccc1)C(=O)CN(c1cc(Cl)ccc1OC)S(=O)(=O)c1ccc(C)cc1. The van der Waals surface area contributed by atoms with Crippen molar-refractivity contribution >= 4 is 39.1 Å². The van der Waals surface area contributed by atoms with Crippen molar-refractivity contribution in [2.45, 2.75) is 51.0 Å². The van der Waals surface area contributed by atoms with E-state index in [4.69, 9.17) is 16.3 Å². The van der Waals surface area contributed by atoms with Gasteiger partial charge in [0, 0.05) is 18.1 Å². The lowest BCUT2D eigenvalue weighted by Crippen LogP contribution is -2.53. The fourth-order valence-corrected chi connectivity index (χ4v) is 6.05. The first-order chi connectivity index (χ1) is 19.6. The highest BCUT2D eigenvalue weighted by Gasteiger charge is 2.34. The van der Waals surface area contributed by atoms with E-state index in [0.717, 1.165) is 21.9 Å². The summed E-state index contributed by atoms with van der Waals surface area (Å²) >= 11 is 6.29. The first-order valence-electron chi connectivity index (χ1n) is 13.7. The highest BCUT2D eigenvalue weighted by molar-refractivity contribution is 7.92. The molecule has 0 bridgehead atoms. The van der Waals surface area contributed by atoms with Crippen molar-refractivity contribution in [3.05, 3.63) is 88.9 Å². The largest absolute Gasteiger partial charge is 0.495 e. The standard InChI is InChI=1S/C31H38ClN3O5S/c1-5-19-33-31(37)27(6-2)34(20-18-24-10-8-7-9-11-24)30(36)22-35(28-21-25(32)14-17-29(28)40-4)41(38,39)26-15-12-23(3)13-16-26/h7-17,21,27H,5-6,18-20,22H2,1-4H3,(H,33,37). The monoisotopic (exact) mass is 599 g/mol. The lowest BCUT2D eigenvalue weighted by molar-refractivity contribution is -0.139. The number of carbonyl (C=O) groups excluding carboxylic acids is 2. The lowest BCUT2D eigenvalue weighted by Gasteiger charge is -2.33. The summed E-state index contributed by atoms with van der Waals surface area (Å²) in [7, 11) is -2.82. The molecule has 1 unspecified atom stereocenters. The number of rotatable bonds is 14. The zero-order chi connectivity index (χ0) is 30.0. The highest BCUT2D eigenvalue weighted by Crippen LogP contribution is 2.35. The van der Waals surface area contributed by atoms with Gasteiger partial charge in [-0.05, 0) is 62.1 Å². The number of ether oxygens (including phenoxy) is 1. The van der Waals surface area contributed by atoms with Crippen LogP contribution in [0, 0.1) is 6.92 Å². The maximum atomic E-state index is 14.1. The van der Waals surface area contributed by atoms with Crippen LogP contribution in [0.2, 0.25) is 5.02 Å². The van der Waals surface area contributed by atoms with Gasteiger partial charge >= 0.3 is 0 Å². The number of methoxy groups -OCH3 is 1. The molecule has 3 rings (SSSR count). The maximum absolute atomic E-state index is 14.1. The molecule has 0 saturated carbocycles. The Morgan fingerprint density at radius 3 is 2.29 bits per heavy atom. The van der Waals surface area contributed by atoms with E-state index >= 15 is 0 Å². The number of amides is 2. The first kappa shape index (κ1) is 32.0. The number of hydrogen-bond donors (Lipinski definition) is 1. The second kappa shape index (κ2) is 14.9. The van der Waals surface area contributed by atoms with Crippen molar-refractivity contribution in [3.63, 3.8) is 0 Å². The van der Waals surface area contributed by atoms with E-state index in [1.54, 1.807) is 24.3 Å². The van der Waals surface area contributed by atoms with Crippen LogP contribution in [0.25, 0.3) is 0 Å². The molecule has 0 heterocycles. The Labute approximate surface area is 248 Å². The molecule has 8 nitrogen and oxygen atoms in total. The Hall–Kier alpha value is -3.56. The third-order valence-corrected chi connectivity index (χ3v) is 8.73. The van der Waals surface area contributed by atoms with Gasteiger partial charge in [0.1, 0.15) is 18.3 Å². The summed E-state index contributed by atoms with van der Waals surface area (Å²) in [4.78, 5) is 28.8. The minimum atomic E-state index is -4.24. The normalized spacial score (nSPS) is 11.9. The summed E-state index contributed by atoms with van der Waals surface area (Å²) in [6, 6.07) is 19.8. The van der Waals surface area contributed by atoms with Crippen molar-refractivity contribution in [2.24, 2.45) is 0 Å². The highest BCUT2D eigenvalue weighted by atomic mass is 35.5. The molecule has 10 heteroatoms. The zero-order valence-electron chi connectivity index (χ0n) is 24.0. The van der Waals surface area contributed by atoms with E-state index in [0.29, 0.717) is 19.4 Å². The van der Waals surface area contributed by atoms with E-state index in [1.165, 1.54) is 30.2 Å². The van der Waals surface area contributed by atoms with Gasteiger partial charge in [0.05, 0.1) is 17.7 Å². The zero-order valence-corrected chi connectivity index (χ0v) is 25.5. The van der Waals surface area contributed by atoms with Gasteiger partial charge in [-0.2, -0.15) is 0 Å². The number of sulfonamides is 1. The maximum Gasteiger partial charge on any atom is 0.264 e.